The van der Waals surface area contributed by atoms with Crippen LogP contribution in [-0.2, 0) is 13.6 Å². The van der Waals surface area contributed by atoms with Gasteiger partial charge in [0, 0.05) is 26.5 Å². The number of hydrogen-bond donors (Lipinski definition) is 1. The third-order valence-corrected chi connectivity index (χ3v) is 3.47. The Bertz CT molecular complexity index is 566. The van der Waals surface area contributed by atoms with E-state index in [2.05, 4.69) is 4.98 Å². The third-order valence-electron chi connectivity index (χ3n) is 3.16. The molecule has 1 N–H and O–H groups in total. The van der Waals surface area contributed by atoms with Gasteiger partial charge in [-0.3, -0.25) is 0 Å². The molecule has 4 nitrogen and oxygen atoms in total. The molecule has 5 heteroatoms. The van der Waals surface area contributed by atoms with Gasteiger partial charge in [-0.2, -0.15) is 0 Å². The van der Waals surface area contributed by atoms with Crippen molar-refractivity contribution in [2.24, 2.45) is 7.05 Å². The average molecular weight is 280 g/mol. The molecule has 0 aliphatic heterocycles. The van der Waals surface area contributed by atoms with E-state index in [1.165, 1.54) is 0 Å². The summed E-state index contributed by atoms with van der Waals surface area (Å²) < 4.78 is 1.98. The highest BCUT2D eigenvalue weighted by Crippen LogP contribution is 2.29. The van der Waals surface area contributed by atoms with Crippen LogP contribution >= 0.6 is 11.6 Å². The minimum absolute atomic E-state index is 0.508. The number of imidazole rings is 1. The number of aromatic nitrogens is 2. The van der Waals surface area contributed by atoms with Crippen LogP contribution in [0.1, 0.15) is 24.4 Å². The normalized spacial score (nSPS) is 12.5. The summed E-state index contributed by atoms with van der Waals surface area (Å²) in [5.74, 6) is 0.971. The van der Waals surface area contributed by atoms with Gasteiger partial charge in [0.15, 0.2) is 0 Å². The van der Waals surface area contributed by atoms with Crippen molar-refractivity contribution < 1.29 is 5.11 Å². The van der Waals surface area contributed by atoms with Gasteiger partial charge in [0.1, 0.15) is 5.82 Å². The minimum atomic E-state index is -0.508. The number of aryl methyl sites for hydroxylation is 1. The first-order chi connectivity index (χ1) is 8.99. The number of benzene rings is 1. The fraction of sp³-hybridized carbons (Fsp3) is 0.357. The Morgan fingerprint density at radius 3 is 2.74 bits per heavy atom. The number of aliphatic hydroxyl groups is 1. The zero-order chi connectivity index (χ0) is 14.0. The van der Waals surface area contributed by atoms with Crippen LogP contribution in [0.4, 0.5) is 5.69 Å². The Hall–Kier alpha value is -1.52. The number of anilines is 1. The van der Waals surface area contributed by atoms with E-state index in [9.17, 15) is 5.11 Å². The molecule has 102 valence electrons. The van der Waals surface area contributed by atoms with Crippen molar-refractivity contribution in [3.05, 3.63) is 47.0 Å². The molecule has 2 rings (SSSR count). The summed E-state index contributed by atoms with van der Waals surface area (Å²) >= 11 is 6.27. The van der Waals surface area contributed by atoms with Gasteiger partial charge >= 0.3 is 0 Å². The van der Waals surface area contributed by atoms with Crippen LogP contribution in [0.25, 0.3) is 0 Å². The molecule has 0 fully saturated rings. The summed E-state index contributed by atoms with van der Waals surface area (Å²) in [6.07, 6.45) is 3.19. The Balaban J connectivity index is 2.20. The minimum Gasteiger partial charge on any atom is -0.389 e. The van der Waals surface area contributed by atoms with Gasteiger partial charge in [0.2, 0.25) is 0 Å². The highest BCUT2D eigenvalue weighted by molar-refractivity contribution is 6.33. The van der Waals surface area contributed by atoms with Crippen molar-refractivity contribution in [3.63, 3.8) is 0 Å². The van der Waals surface area contributed by atoms with Gasteiger partial charge in [-0.25, -0.2) is 4.98 Å². The molecule has 1 aromatic heterocycles. The van der Waals surface area contributed by atoms with E-state index >= 15 is 0 Å². The van der Waals surface area contributed by atoms with Crippen molar-refractivity contribution in [1.29, 1.82) is 0 Å². The van der Waals surface area contributed by atoms with Crippen molar-refractivity contribution in [3.8, 4) is 0 Å². The van der Waals surface area contributed by atoms with E-state index in [0.717, 1.165) is 17.1 Å². The lowest BCUT2D eigenvalue weighted by atomic mass is 10.1. The second-order valence-corrected chi connectivity index (χ2v) is 5.10. The van der Waals surface area contributed by atoms with E-state index < -0.39 is 6.10 Å². The summed E-state index contributed by atoms with van der Waals surface area (Å²) in [6.45, 7) is 2.40. The summed E-state index contributed by atoms with van der Waals surface area (Å²) in [5.41, 5.74) is 1.74. The SMILES string of the molecule is CC(O)c1ccc(N(C)Cc2nccn2C)c(Cl)c1. The molecule has 1 unspecified atom stereocenters. The lowest BCUT2D eigenvalue weighted by Gasteiger charge is -2.21. The second-order valence-electron chi connectivity index (χ2n) is 4.70. The number of halogens is 1. The molecule has 0 saturated carbocycles. The number of rotatable bonds is 4. The monoisotopic (exact) mass is 279 g/mol. The number of hydrogen-bond acceptors (Lipinski definition) is 3. The molecular weight excluding hydrogens is 262 g/mol. The molecular formula is C14H18ClN3O. The van der Waals surface area contributed by atoms with Crippen molar-refractivity contribution in [1.82, 2.24) is 9.55 Å². The first kappa shape index (κ1) is 13.9. The lowest BCUT2D eigenvalue weighted by Crippen LogP contribution is -2.19. The first-order valence-corrected chi connectivity index (χ1v) is 6.51. The molecule has 1 atom stereocenters. The Morgan fingerprint density at radius 1 is 1.47 bits per heavy atom. The van der Waals surface area contributed by atoms with Crippen LogP contribution in [0.2, 0.25) is 5.02 Å². The van der Waals surface area contributed by atoms with Crippen LogP contribution in [0.5, 0.6) is 0 Å². The molecule has 0 spiro atoms. The zero-order valence-corrected chi connectivity index (χ0v) is 12.1. The molecule has 2 aromatic rings. The number of nitrogens with zero attached hydrogens (tertiary/aromatic N) is 3. The van der Waals surface area contributed by atoms with Crippen LogP contribution in [0.3, 0.4) is 0 Å². The zero-order valence-electron chi connectivity index (χ0n) is 11.3. The second kappa shape index (κ2) is 5.63. The van der Waals surface area contributed by atoms with Gasteiger partial charge in [0.25, 0.3) is 0 Å². The fourth-order valence-electron chi connectivity index (χ4n) is 1.94. The highest BCUT2D eigenvalue weighted by Gasteiger charge is 2.11. The van der Waals surface area contributed by atoms with Crippen LogP contribution < -0.4 is 4.90 Å². The van der Waals surface area contributed by atoms with E-state index in [4.69, 9.17) is 11.6 Å². The van der Waals surface area contributed by atoms with Crippen molar-refractivity contribution >= 4 is 17.3 Å². The fourth-order valence-corrected chi connectivity index (χ4v) is 2.27. The third kappa shape index (κ3) is 3.08. The van der Waals surface area contributed by atoms with E-state index in [1.54, 1.807) is 19.2 Å². The molecule has 1 heterocycles. The van der Waals surface area contributed by atoms with Gasteiger partial charge < -0.3 is 14.6 Å². The van der Waals surface area contributed by atoms with Gasteiger partial charge in [-0.05, 0) is 24.6 Å². The standard InChI is InChI=1S/C14H18ClN3O/c1-10(19)11-4-5-13(12(15)8-11)18(3)9-14-16-6-7-17(14)2/h4-8,10,19H,9H2,1-3H3. The molecule has 1 aromatic carbocycles. The van der Waals surface area contributed by atoms with Crippen LogP contribution in [-0.4, -0.2) is 21.7 Å². The molecule has 0 bridgehead atoms. The highest BCUT2D eigenvalue weighted by atomic mass is 35.5. The maximum Gasteiger partial charge on any atom is 0.127 e. The predicted octanol–water partition coefficient (Wildman–Crippen LogP) is 2.76. The van der Waals surface area contributed by atoms with Gasteiger partial charge in [0.05, 0.1) is 23.4 Å². The Labute approximate surface area is 118 Å². The summed E-state index contributed by atoms with van der Waals surface area (Å²) in [5, 5.41) is 10.2. The largest absolute Gasteiger partial charge is 0.389 e. The smallest absolute Gasteiger partial charge is 0.127 e. The Kier molecular flexibility index (Phi) is 4.12. The average Bonchev–Trinajstić information content (AvgIpc) is 2.74. The summed E-state index contributed by atoms with van der Waals surface area (Å²) in [6, 6.07) is 5.62. The summed E-state index contributed by atoms with van der Waals surface area (Å²) in [4.78, 5) is 6.33. The molecule has 0 aliphatic carbocycles. The maximum atomic E-state index is 9.54. The molecule has 0 aliphatic rings. The molecule has 0 amide bonds. The van der Waals surface area contributed by atoms with Gasteiger partial charge in [-0.1, -0.05) is 17.7 Å². The molecule has 0 radical (unpaired) electrons. The van der Waals surface area contributed by atoms with Crippen molar-refractivity contribution in [2.45, 2.75) is 19.6 Å². The van der Waals surface area contributed by atoms with E-state index in [0.29, 0.717) is 11.6 Å². The topological polar surface area (TPSA) is 41.3 Å². The first-order valence-electron chi connectivity index (χ1n) is 6.14. The molecule has 19 heavy (non-hydrogen) atoms. The van der Waals surface area contributed by atoms with Crippen molar-refractivity contribution in [2.75, 3.05) is 11.9 Å². The van der Waals surface area contributed by atoms with Crippen LogP contribution in [0, 0.1) is 0 Å². The Morgan fingerprint density at radius 2 is 2.21 bits per heavy atom. The molecule has 0 saturated heterocycles. The van der Waals surface area contributed by atoms with E-state index in [1.807, 2.05) is 41.9 Å². The lowest BCUT2D eigenvalue weighted by molar-refractivity contribution is 0.199. The van der Waals surface area contributed by atoms with Gasteiger partial charge in [-0.15, -0.1) is 0 Å². The predicted molar refractivity (Wildman–Crippen MR) is 77.4 cm³/mol. The number of aliphatic hydroxyl groups excluding tert-OH is 1. The quantitative estimate of drug-likeness (QED) is 0.936. The van der Waals surface area contributed by atoms with Crippen LogP contribution in [0.15, 0.2) is 30.6 Å². The maximum absolute atomic E-state index is 9.54. The summed E-state index contributed by atoms with van der Waals surface area (Å²) in [7, 11) is 3.94. The van der Waals surface area contributed by atoms with E-state index in [-0.39, 0.29) is 0 Å².